The number of anilines is 1. The molecule has 0 fully saturated rings. The number of hydrogen-bond donors (Lipinski definition) is 0. The molecule has 0 aliphatic rings. The zero-order valence-electron chi connectivity index (χ0n) is 13.8. The van der Waals surface area contributed by atoms with Crippen LogP contribution in [0.25, 0.3) is 0 Å². The first-order valence-corrected chi connectivity index (χ1v) is 9.11. The number of rotatable bonds is 4. The van der Waals surface area contributed by atoms with E-state index in [0.29, 0.717) is 11.3 Å². The van der Waals surface area contributed by atoms with Crippen molar-refractivity contribution >= 4 is 21.6 Å². The van der Waals surface area contributed by atoms with Crippen molar-refractivity contribution in [3.05, 3.63) is 83.8 Å². The standard InChI is InChI=1S/C19H17NO4S/c1-14-10-11-15(2)17(13-14)20(19(21)18-9-6-12-24-18)25(22,23)16-7-4-3-5-8-16/h3-13H,1-2H3. The Morgan fingerprint density at radius 2 is 1.68 bits per heavy atom. The highest BCUT2D eigenvalue weighted by Crippen LogP contribution is 2.29. The molecule has 0 N–H and O–H groups in total. The number of nitrogens with zero attached hydrogens (tertiary/aromatic N) is 1. The Kier molecular flexibility index (Phi) is 4.46. The van der Waals surface area contributed by atoms with E-state index in [9.17, 15) is 13.2 Å². The summed E-state index contributed by atoms with van der Waals surface area (Å²) in [4.78, 5) is 13.0. The molecule has 0 aliphatic heterocycles. The van der Waals surface area contributed by atoms with Crippen molar-refractivity contribution in [3.8, 4) is 0 Å². The second-order valence-electron chi connectivity index (χ2n) is 5.65. The first-order chi connectivity index (χ1) is 11.9. The van der Waals surface area contributed by atoms with E-state index in [2.05, 4.69) is 0 Å². The number of sulfonamides is 1. The summed E-state index contributed by atoms with van der Waals surface area (Å²) in [6.07, 6.45) is 1.34. The van der Waals surface area contributed by atoms with Gasteiger partial charge in [-0.05, 0) is 55.3 Å². The topological polar surface area (TPSA) is 67.6 Å². The molecule has 5 nitrogen and oxygen atoms in total. The minimum absolute atomic E-state index is 0.0378. The Labute approximate surface area is 146 Å². The molecule has 1 heterocycles. The molecule has 0 aliphatic carbocycles. The minimum atomic E-state index is -4.09. The maximum atomic E-state index is 13.2. The zero-order chi connectivity index (χ0) is 18.0. The third-order valence-corrected chi connectivity index (χ3v) is 5.49. The van der Waals surface area contributed by atoms with Gasteiger partial charge in [-0.15, -0.1) is 0 Å². The molecule has 128 valence electrons. The van der Waals surface area contributed by atoms with Gasteiger partial charge in [0.05, 0.1) is 16.8 Å². The molecule has 2 aromatic carbocycles. The third-order valence-electron chi connectivity index (χ3n) is 3.78. The lowest BCUT2D eigenvalue weighted by Gasteiger charge is -2.23. The Bertz CT molecular complexity index is 993. The monoisotopic (exact) mass is 355 g/mol. The van der Waals surface area contributed by atoms with Gasteiger partial charge in [-0.25, -0.2) is 8.42 Å². The van der Waals surface area contributed by atoms with E-state index in [0.717, 1.165) is 9.87 Å². The SMILES string of the molecule is Cc1ccc(C)c(N(C(=O)c2ccco2)S(=O)(=O)c2ccccc2)c1. The second kappa shape index (κ2) is 6.57. The Hall–Kier alpha value is -2.86. The van der Waals surface area contributed by atoms with E-state index in [1.165, 1.54) is 24.5 Å². The first-order valence-electron chi connectivity index (χ1n) is 7.67. The van der Waals surface area contributed by atoms with Gasteiger partial charge in [0.15, 0.2) is 5.76 Å². The molecule has 0 spiro atoms. The number of carbonyl (C=O) groups is 1. The number of aryl methyl sites for hydroxylation is 2. The third kappa shape index (κ3) is 3.21. The van der Waals surface area contributed by atoms with Crippen molar-refractivity contribution in [2.45, 2.75) is 18.7 Å². The Morgan fingerprint density at radius 3 is 2.32 bits per heavy atom. The van der Waals surface area contributed by atoms with Crippen LogP contribution in [0.4, 0.5) is 5.69 Å². The summed E-state index contributed by atoms with van der Waals surface area (Å²) in [6.45, 7) is 3.60. The molecule has 25 heavy (non-hydrogen) atoms. The minimum Gasteiger partial charge on any atom is -0.459 e. The number of furan rings is 1. The zero-order valence-corrected chi connectivity index (χ0v) is 14.7. The summed E-state index contributed by atoms with van der Waals surface area (Å²) in [7, 11) is -4.09. The van der Waals surface area contributed by atoms with Gasteiger partial charge in [0.2, 0.25) is 0 Å². The molecule has 1 aromatic heterocycles. The van der Waals surface area contributed by atoms with Crippen LogP contribution in [0.5, 0.6) is 0 Å². The second-order valence-corrected chi connectivity index (χ2v) is 7.44. The maximum absolute atomic E-state index is 13.2. The van der Waals surface area contributed by atoms with Crippen molar-refractivity contribution in [2.24, 2.45) is 0 Å². The summed E-state index contributed by atoms with van der Waals surface area (Å²) in [5, 5.41) is 0. The quantitative estimate of drug-likeness (QED) is 0.711. The molecule has 3 aromatic rings. The lowest BCUT2D eigenvalue weighted by molar-refractivity contribution is 0.0979. The summed E-state index contributed by atoms with van der Waals surface area (Å²) in [5.41, 5.74) is 1.83. The molecular weight excluding hydrogens is 338 g/mol. The maximum Gasteiger partial charge on any atom is 0.307 e. The Balaban J connectivity index is 2.23. The van der Waals surface area contributed by atoms with Crippen LogP contribution in [0, 0.1) is 13.8 Å². The van der Waals surface area contributed by atoms with Gasteiger partial charge in [0.1, 0.15) is 0 Å². The molecular formula is C19H17NO4S. The molecule has 0 saturated heterocycles. The summed E-state index contributed by atoms with van der Waals surface area (Å²) < 4.78 is 32.3. The van der Waals surface area contributed by atoms with Crippen LogP contribution in [0.1, 0.15) is 21.7 Å². The molecule has 0 radical (unpaired) electrons. The number of amides is 1. The van der Waals surface area contributed by atoms with Gasteiger partial charge in [-0.3, -0.25) is 4.79 Å². The van der Waals surface area contributed by atoms with E-state index in [1.807, 2.05) is 13.0 Å². The van der Waals surface area contributed by atoms with Crippen molar-refractivity contribution in [1.82, 2.24) is 0 Å². The molecule has 0 unspecified atom stereocenters. The molecule has 0 saturated carbocycles. The number of benzene rings is 2. The lowest BCUT2D eigenvalue weighted by Crippen LogP contribution is -2.37. The van der Waals surface area contributed by atoms with Crippen molar-refractivity contribution in [3.63, 3.8) is 0 Å². The van der Waals surface area contributed by atoms with Gasteiger partial charge >= 0.3 is 5.91 Å². The Morgan fingerprint density at radius 1 is 0.960 bits per heavy atom. The van der Waals surface area contributed by atoms with Gasteiger partial charge < -0.3 is 4.42 Å². The largest absolute Gasteiger partial charge is 0.459 e. The molecule has 1 amide bonds. The van der Waals surface area contributed by atoms with Crippen LogP contribution >= 0.6 is 0 Å². The van der Waals surface area contributed by atoms with E-state index in [1.54, 1.807) is 43.3 Å². The van der Waals surface area contributed by atoms with Crippen molar-refractivity contribution < 1.29 is 17.6 Å². The molecule has 6 heteroatoms. The van der Waals surface area contributed by atoms with Crippen molar-refractivity contribution in [1.29, 1.82) is 0 Å². The van der Waals surface area contributed by atoms with E-state index >= 15 is 0 Å². The van der Waals surface area contributed by atoms with E-state index < -0.39 is 15.9 Å². The van der Waals surface area contributed by atoms with Gasteiger partial charge in [-0.2, -0.15) is 4.31 Å². The molecule has 0 bridgehead atoms. The first kappa shape index (κ1) is 17.0. The summed E-state index contributed by atoms with van der Waals surface area (Å²) in [6, 6.07) is 16.2. The van der Waals surface area contributed by atoms with Crippen molar-refractivity contribution in [2.75, 3.05) is 4.31 Å². The van der Waals surface area contributed by atoms with Crippen LogP contribution in [0.3, 0.4) is 0 Å². The number of carbonyl (C=O) groups excluding carboxylic acids is 1. The van der Waals surface area contributed by atoms with E-state index in [-0.39, 0.29) is 10.7 Å². The summed E-state index contributed by atoms with van der Waals surface area (Å²) in [5.74, 6) is -0.775. The molecule has 0 atom stereocenters. The fourth-order valence-electron chi connectivity index (χ4n) is 2.48. The van der Waals surface area contributed by atoms with Crippen LogP contribution < -0.4 is 4.31 Å². The fourth-order valence-corrected chi connectivity index (χ4v) is 3.96. The van der Waals surface area contributed by atoms with Crippen LogP contribution in [0.2, 0.25) is 0 Å². The van der Waals surface area contributed by atoms with E-state index in [4.69, 9.17) is 4.42 Å². The predicted molar refractivity (Wildman–Crippen MR) is 95.1 cm³/mol. The highest BCUT2D eigenvalue weighted by atomic mass is 32.2. The average Bonchev–Trinajstić information content (AvgIpc) is 3.13. The van der Waals surface area contributed by atoms with Crippen LogP contribution in [-0.2, 0) is 10.0 Å². The van der Waals surface area contributed by atoms with Gasteiger partial charge in [0, 0.05) is 0 Å². The van der Waals surface area contributed by atoms with Gasteiger partial charge in [-0.1, -0.05) is 30.3 Å². The number of hydrogen-bond acceptors (Lipinski definition) is 4. The normalized spacial score (nSPS) is 11.3. The van der Waals surface area contributed by atoms with Crippen LogP contribution in [0.15, 0.2) is 76.2 Å². The average molecular weight is 355 g/mol. The molecule has 3 rings (SSSR count). The summed E-state index contributed by atoms with van der Waals surface area (Å²) >= 11 is 0. The lowest BCUT2D eigenvalue weighted by atomic mass is 10.1. The highest BCUT2D eigenvalue weighted by molar-refractivity contribution is 7.93. The van der Waals surface area contributed by atoms with Gasteiger partial charge in [0.25, 0.3) is 10.0 Å². The van der Waals surface area contributed by atoms with Crippen LogP contribution in [-0.4, -0.2) is 14.3 Å². The predicted octanol–water partition coefficient (Wildman–Crippen LogP) is 3.93. The smallest absolute Gasteiger partial charge is 0.307 e. The highest BCUT2D eigenvalue weighted by Gasteiger charge is 2.34. The fraction of sp³-hybridized carbons (Fsp3) is 0.105.